The van der Waals surface area contributed by atoms with Gasteiger partial charge in [0.25, 0.3) is 0 Å². The van der Waals surface area contributed by atoms with E-state index in [0.717, 1.165) is 16.7 Å². The summed E-state index contributed by atoms with van der Waals surface area (Å²) in [6.45, 7) is 0. The topological polar surface area (TPSA) is 56.5 Å². The maximum absolute atomic E-state index is 4.40. The van der Waals surface area contributed by atoms with Crippen LogP contribution in [0.2, 0.25) is 0 Å². The van der Waals surface area contributed by atoms with Gasteiger partial charge in [-0.1, -0.05) is 42.4 Å². The van der Waals surface area contributed by atoms with E-state index in [1.54, 1.807) is 30.4 Å². The van der Waals surface area contributed by atoms with E-state index in [-0.39, 0.29) is 0 Å². The monoisotopic (exact) mass is 337 g/mol. The lowest BCUT2D eigenvalue weighted by molar-refractivity contribution is 0.699. The summed E-state index contributed by atoms with van der Waals surface area (Å²) in [5, 5.41) is 10.1. The zero-order valence-corrected chi connectivity index (χ0v) is 14.4. The van der Waals surface area contributed by atoms with E-state index in [1.165, 1.54) is 36.8 Å². The maximum atomic E-state index is 4.40. The number of rotatable bonds is 3. The second-order valence-corrected chi connectivity index (χ2v) is 7.18. The summed E-state index contributed by atoms with van der Waals surface area (Å²) in [6.07, 6.45) is 9.93. The van der Waals surface area contributed by atoms with Crippen LogP contribution >= 0.6 is 11.8 Å². The van der Waals surface area contributed by atoms with E-state index >= 15 is 0 Å². The van der Waals surface area contributed by atoms with E-state index in [0.29, 0.717) is 5.25 Å². The summed E-state index contributed by atoms with van der Waals surface area (Å²) < 4.78 is 2.02. The number of thioether (sulfide) groups is 1. The second-order valence-electron chi connectivity index (χ2n) is 6.01. The molecule has 4 rings (SSSR count). The quantitative estimate of drug-likeness (QED) is 0.680. The Bertz CT molecular complexity index is 830. The molecule has 0 fully saturated rings. The first kappa shape index (κ1) is 15.3. The Morgan fingerprint density at radius 3 is 2.92 bits per heavy atom. The van der Waals surface area contributed by atoms with Gasteiger partial charge in [0.1, 0.15) is 5.69 Å². The molecule has 24 heavy (non-hydrogen) atoms. The second kappa shape index (κ2) is 6.73. The fraction of sp³-hybridized carbons (Fsp3) is 0.333. The Morgan fingerprint density at radius 1 is 1.12 bits per heavy atom. The van der Waals surface area contributed by atoms with Gasteiger partial charge in [0, 0.05) is 24.7 Å². The zero-order chi connectivity index (χ0) is 16.4. The predicted octanol–water partition coefficient (Wildman–Crippen LogP) is 3.83. The molecule has 6 heteroatoms. The van der Waals surface area contributed by atoms with Crippen molar-refractivity contribution in [2.45, 2.75) is 36.1 Å². The SMILES string of the molecule is Cn1c(SC2CCCCc3ccccc32)nnc1-c1cnccn1. The smallest absolute Gasteiger partial charge is 0.191 e. The first-order chi connectivity index (χ1) is 11.8. The molecule has 1 aliphatic rings. The van der Waals surface area contributed by atoms with Crippen molar-refractivity contribution in [3.05, 3.63) is 54.0 Å². The van der Waals surface area contributed by atoms with Crippen LogP contribution in [0.4, 0.5) is 0 Å². The first-order valence-electron chi connectivity index (χ1n) is 8.23. The van der Waals surface area contributed by atoms with Gasteiger partial charge >= 0.3 is 0 Å². The number of nitrogens with zero attached hydrogens (tertiary/aromatic N) is 5. The normalized spacial score (nSPS) is 17.3. The number of aromatic nitrogens is 5. The standard InChI is InChI=1S/C18H19N5S/c1-23-17(15-12-19-10-11-20-15)21-22-18(23)24-16-9-5-3-7-13-6-2-4-8-14(13)16/h2,4,6,8,10-12,16H,3,5,7,9H2,1H3. The van der Waals surface area contributed by atoms with Crippen molar-refractivity contribution in [2.75, 3.05) is 0 Å². The van der Waals surface area contributed by atoms with Crippen molar-refractivity contribution in [1.29, 1.82) is 0 Å². The van der Waals surface area contributed by atoms with Gasteiger partial charge < -0.3 is 4.57 Å². The summed E-state index contributed by atoms with van der Waals surface area (Å²) >= 11 is 1.80. The molecule has 0 N–H and O–H groups in total. The van der Waals surface area contributed by atoms with Crippen molar-refractivity contribution < 1.29 is 0 Å². The van der Waals surface area contributed by atoms with Crippen LogP contribution in [-0.2, 0) is 13.5 Å². The van der Waals surface area contributed by atoms with Crippen molar-refractivity contribution in [3.8, 4) is 11.5 Å². The molecule has 0 saturated heterocycles. The third-order valence-corrected chi connectivity index (χ3v) is 5.78. The zero-order valence-electron chi connectivity index (χ0n) is 13.6. The van der Waals surface area contributed by atoms with Crippen LogP contribution in [0.5, 0.6) is 0 Å². The molecular formula is C18H19N5S. The largest absolute Gasteiger partial charge is 0.304 e. The Balaban J connectivity index is 1.64. The van der Waals surface area contributed by atoms with Gasteiger partial charge in [0.05, 0.1) is 6.20 Å². The highest BCUT2D eigenvalue weighted by molar-refractivity contribution is 7.99. The Hall–Kier alpha value is -2.21. The van der Waals surface area contributed by atoms with Crippen molar-refractivity contribution in [2.24, 2.45) is 7.05 Å². The van der Waals surface area contributed by atoms with Crippen LogP contribution in [0.15, 0.2) is 48.0 Å². The highest BCUT2D eigenvalue weighted by Gasteiger charge is 2.22. The van der Waals surface area contributed by atoms with Crippen molar-refractivity contribution >= 4 is 11.8 Å². The molecule has 5 nitrogen and oxygen atoms in total. The molecule has 0 amide bonds. The van der Waals surface area contributed by atoms with E-state index in [9.17, 15) is 0 Å². The van der Waals surface area contributed by atoms with E-state index in [2.05, 4.69) is 44.4 Å². The molecule has 1 atom stereocenters. The van der Waals surface area contributed by atoms with Gasteiger partial charge in [-0.3, -0.25) is 4.98 Å². The van der Waals surface area contributed by atoms with Crippen LogP contribution in [-0.4, -0.2) is 24.7 Å². The van der Waals surface area contributed by atoms with Crippen LogP contribution in [0.3, 0.4) is 0 Å². The molecule has 0 saturated carbocycles. The van der Waals surface area contributed by atoms with Crippen LogP contribution < -0.4 is 0 Å². The summed E-state index contributed by atoms with van der Waals surface area (Å²) in [6, 6.07) is 8.80. The van der Waals surface area contributed by atoms with E-state index in [4.69, 9.17) is 0 Å². The Kier molecular flexibility index (Phi) is 4.30. The fourth-order valence-corrected chi connectivity index (χ4v) is 4.41. The third kappa shape index (κ3) is 2.94. The van der Waals surface area contributed by atoms with Gasteiger partial charge in [0.2, 0.25) is 0 Å². The molecular weight excluding hydrogens is 318 g/mol. The molecule has 1 aromatic carbocycles. The lowest BCUT2D eigenvalue weighted by Crippen LogP contribution is -2.00. The van der Waals surface area contributed by atoms with Crippen molar-refractivity contribution in [3.63, 3.8) is 0 Å². The number of fused-ring (bicyclic) bond motifs is 1. The molecule has 0 spiro atoms. The van der Waals surface area contributed by atoms with E-state index in [1.807, 2.05) is 11.6 Å². The fourth-order valence-electron chi connectivity index (χ4n) is 3.18. The van der Waals surface area contributed by atoms with Gasteiger partial charge in [0.15, 0.2) is 11.0 Å². The molecule has 122 valence electrons. The number of hydrogen-bond acceptors (Lipinski definition) is 5. The minimum Gasteiger partial charge on any atom is -0.304 e. The van der Waals surface area contributed by atoms with E-state index < -0.39 is 0 Å². The Morgan fingerprint density at radius 2 is 2.04 bits per heavy atom. The van der Waals surface area contributed by atoms with Crippen LogP contribution in [0, 0.1) is 0 Å². The van der Waals surface area contributed by atoms with Gasteiger partial charge in [-0.25, -0.2) is 4.98 Å². The molecule has 1 aliphatic carbocycles. The lowest BCUT2D eigenvalue weighted by Gasteiger charge is -2.16. The molecule has 1 unspecified atom stereocenters. The lowest BCUT2D eigenvalue weighted by atomic mass is 10.0. The molecule has 2 aromatic heterocycles. The average Bonchev–Trinajstić information content (AvgIpc) is 2.86. The molecule has 3 aromatic rings. The highest BCUT2D eigenvalue weighted by Crippen LogP contribution is 2.42. The van der Waals surface area contributed by atoms with Gasteiger partial charge in [-0.2, -0.15) is 0 Å². The average molecular weight is 337 g/mol. The van der Waals surface area contributed by atoms with Gasteiger partial charge in [-0.15, -0.1) is 10.2 Å². The van der Waals surface area contributed by atoms with Crippen molar-refractivity contribution in [1.82, 2.24) is 24.7 Å². The third-order valence-electron chi connectivity index (χ3n) is 4.44. The number of aryl methyl sites for hydroxylation is 1. The predicted molar refractivity (Wildman–Crippen MR) is 94.6 cm³/mol. The van der Waals surface area contributed by atoms with Crippen LogP contribution in [0.25, 0.3) is 11.5 Å². The molecule has 0 bridgehead atoms. The summed E-state index contributed by atoms with van der Waals surface area (Å²) in [7, 11) is 1.99. The summed E-state index contributed by atoms with van der Waals surface area (Å²) in [5.74, 6) is 0.757. The van der Waals surface area contributed by atoms with Crippen LogP contribution in [0.1, 0.15) is 35.6 Å². The molecule has 2 heterocycles. The first-order valence-corrected chi connectivity index (χ1v) is 9.11. The summed E-state index contributed by atoms with van der Waals surface area (Å²) in [4.78, 5) is 8.44. The number of hydrogen-bond donors (Lipinski definition) is 0. The Labute approximate surface area is 145 Å². The number of benzene rings is 1. The molecule has 0 radical (unpaired) electrons. The highest BCUT2D eigenvalue weighted by atomic mass is 32.2. The summed E-state index contributed by atoms with van der Waals surface area (Å²) in [5.41, 5.74) is 3.67. The molecule has 0 aliphatic heterocycles. The maximum Gasteiger partial charge on any atom is 0.191 e. The minimum absolute atomic E-state index is 0.432. The minimum atomic E-state index is 0.432. The van der Waals surface area contributed by atoms with Gasteiger partial charge in [-0.05, 0) is 30.4 Å².